The van der Waals surface area contributed by atoms with Gasteiger partial charge in [0, 0.05) is 25.8 Å². The van der Waals surface area contributed by atoms with E-state index in [0.717, 1.165) is 12.8 Å². The largest absolute Gasteiger partial charge is 0.325 e. The average molecular weight is 281 g/mol. The minimum atomic E-state index is -3.43. The third-order valence-electron chi connectivity index (χ3n) is 4.35. The van der Waals surface area contributed by atoms with E-state index in [1.807, 2.05) is 0 Å². The van der Waals surface area contributed by atoms with Crippen molar-refractivity contribution in [3.8, 4) is 0 Å². The fraction of sp³-hybridized carbons (Fsp3) is 0.615. The molecule has 2 fully saturated rings. The summed E-state index contributed by atoms with van der Waals surface area (Å²) in [7, 11) is -3.43. The maximum atomic E-state index is 12.7. The highest BCUT2D eigenvalue weighted by Gasteiger charge is 2.41. The van der Waals surface area contributed by atoms with Gasteiger partial charge in [-0.1, -0.05) is 6.42 Å². The SMILES string of the molecule is NCc1ncccc1S(=O)(=O)N1CC2CCCC2C1. The van der Waals surface area contributed by atoms with E-state index < -0.39 is 10.0 Å². The third-order valence-corrected chi connectivity index (χ3v) is 6.26. The molecule has 2 atom stereocenters. The van der Waals surface area contributed by atoms with Crippen molar-refractivity contribution < 1.29 is 8.42 Å². The summed E-state index contributed by atoms with van der Waals surface area (Å²) in [4.78, 5) is 4.35. The van der Waals surface area contributed by atoms with Crippen molar-refractivity contribution >= 4 is 10.0 Å². The van der Waals surface area contributed by atoms with Crippen LogP contribution in [-0.2, 0) is 16.6 Å². The topological polar surface area (TPSA) is 76.3 Å². The molecule has 0 bridgehead atoms. The van der Waals surface area contributed by atoms with Gasteiger partial charge in [0.15, 0.2) is 0 Å². The molecule has 1 aliphatic heterocycles. The van der Waals surface area contributed by atoms with E-state index in [1.165, 1.54) is 6.42 Å². The van der Waals surface area contributed by atoms with Crippen LogP contribution in [0, 0.1) is 11.8 Å². The van der Waals surface area contributed by atoms with Gasteiger partial charge in [-0.05, 0) is 36.8 Å². The van der Waals surface area contributed by atoms with Crippen molar-refractivity contribution in [2.24, 2.45) is 17.6 Å². The first kappa shape index (κ1) is 13.0. The Hall–Kier alpha value is -0.980. The molecule has 2 N–H and O–H groups in total. The Bertz CT molecular complexity index is 561. The van der Waals surface area contributed by atoms with Crippen LogP contribution < -0.4 is 5.73 Å². The molecule has 0 amide bonds. The molecule has 2 aliphatic rings. The molecule has 3 rings (SSSR count). The zero-order chi connectivity index (χ0) is 13.5. The van der Waals surface area contributed by atoms with Gasteiger partial charge in [-0.3, -0.25) is 4.98 Å². The van der Waals surface area contributed by atoms with Crippen molar-refractivity contribution in [2.75, 3.05) is 13.1 Å². The number of pyridine rings is 1. The van der Waals surface area contributed by atoms with Gasteiger partial charge in [-0.15, -0.1) is 0 Å². The normalized spacial score (nSPS) is 27.6. The van der Waals surface area contributed by atoms with Crippen molar-refractivity contribution in [3.05, 3.63) is 24.0 Å². The fourth-order valence-electron chi connectivity index (χ4n) is 3.34. The van der Waals surface area contributed by atoms with E-state index in [0.29, 0.717) is 30.6 Å². The van der Waals surface area contributed by atoms with Gasteiger partial charge < -0.3 is 5.73 Å². The monoisotopic (exact) mass is 281 g/mol. The maximum absolute atomic E-state index is 12.7. The van der Waals surface area contributed by atoms with Crippen LogP contribution in [0.4, 0.5) is 0 Å². The molecule has 6 heteroatoms. The third kappa shape index (κ3) is 2.17. The summed E-state index contributed by atoms with van der Waals surface area (Å²) in [6.07, 6.45) is 5.14. The molecule has 1 aromatic heterocycles. The molecule has 1 aliphatic carbocycles. The Morgan fingerprint density at radius 1 is 1.32 bits per heavy atom. The second kappa shape index (κ2) is 4.85. The predicted octanol–water partition coefficient (Wildman–Crippen LogP) is 0.961. The van der Waals surface area contributed by atoms with Crippen LogP contribution in [-0.4, -0.2) is 30.8 Å². The number of hydrogen-bond donors (Lipinski definition) is 1. The van der Waals surface area contributed by atoms with E-state index in [-0.39, 0.29) is 11.4 Å². The van der Waals surface area contributed by atoms with E-state index in [1.54, 1.807) is 22.6 Å². The Labute approximate surface area is 113 Å². The van der Waals surface area contributed by atoms with Gasteiger partial charge >= 0.3 is 0 Å². The van der Waals surface area contributed by atoms with Crippen molar-refractivity contribution in [1.82, 2.24) is 9.29 Å². The van der Waals surface area contributed by atoms with Crippen molar-refractivity contribution in [2.45, 2.75) is 30.7 Å². The molecule has 104 valence electrons. The highest BCUT2D eigenvalue weighted by atomic mass is 32.2. The molecule has 2 heterocycles. The lowest BCUT2D eigenvalue weighted by atomic mass is 10.0. The summed E-state index contributed by atoms with van der Waals surface area (Å²) in [5, 5.41) is 0. The lowest BCUT2D eigenvalue weighted by molar-refractivity contribution is 0.444. The molecule has 0 radical (unpaired) electrons. The van der Waals surface area contributed by atoms with Crippen LogP contribution in [0.15, 0.2) is 23.2 Å². The smallest absolute Gasteiger partial charge is 0.244 e. The molecule has 0 aromatic carbocycles. The number of nitrogens with zero attached hydrogens (tertiary/aromatic N) is 2. The second-order valence-electron chi connectivity index (χ2n) is 5.43. The van der Waals surface area contributed by atoms with Crippen LogP contribution in [0.2, 0.25) is 0 Å². The summed E-state index contributed by atoms with van der Waals surface area (Å²) in [6.45, 7) is 1.47. The van der Waals surface area contributed by atoms with Crippen LogP contribution in [0.5, 0.6) is 0 Å². The first-order valence-corrected chi connectivity index (χ1v) is 8.21. The van der Waals surface area contributed by atoms with E-state index in [4.69, 9.17) is 5.73 Å². The molecule has 1 saturated carbocycles. The van der Waals surface area contributed by atoms with Crippen LogP contribution >= 0.6 is 0 Å². The van der Waals surface area contributed by atoms with Gasteiger partial charge in [0.25, 0.3) is 0 Å². The molecule has 19 heavy (non-hydrogen) atoms. The lowest BCUT2D eigenvalue weighted by Gasteiger charge is -2.18. The summed E-state index contributed by atoms with van der Waals surface area (Å²) in [6, 6.07) is 3.27. The number of hydrogen-bond acceptors (Lipinski definition) is 4. The van der Waals surface area contributed by atoms with Gasteiger partial charge in [-0.25, -0.2) is 8.42 Å². The Morgan fingerprint density at radius 2 is 2.00 bits per heavy atom. The molecule has 1 saturated heterocycles. The quantitative estimate of drug-likeness (QED) is 0.895. The number of sulfonamides is 1. The zero-order valence-corrected chi connectivity index (χ0v) is 11.6. The predicted molar refractivity (Wildman–Crippen MR) is 71.7 cm³/mol. The highest BCUT2D eigenvalue weighted by Crippen LogP contribution is 2.39. The van der Waals surface area contributed by atoms with E-state index >= 15 is 0 Å². The van der Waals surface area contributed by atoms with Crippen molar-refractivity contribution in [1.29, 1.82) is 0 Å². The highest BCUT2D eigenvalue weighted by molar-refractivity contribution is 7.89. The summed E-state index contributed by atoms with van der Waals surface area (Å²) >= 11 is 0. The van der Waals surface area contributed by atoms with Gasteiger partial charge in [0.1, 0.15) is 4.90 Å². The number of rotatable bonds is 3. The number of nitrogens with two attached hydrogens (primary N) is 1. The molecular formula is C13H19N3O2S. The van der Waals surface area contributed by atoms with Gasteiger partial charge in [0.05, 0.1) is 5.69 Å². The van der Waals surface area contributed by atoms with Crippen molar-refractivity contribution in [3.63, 3.8) is 0 Å². The zero-order valence-electron chi connectivity index (χ0n) is 10.8. The minimum absolute atomic E-state index is 0.149. The summed E-state index contributed by atoms with van der Waals surface area (Å²) in [5.41, 5.74) is 6.05. The van der Waals surface area contributed by atoms with E-state index in [2.05, 4.69) is 4.98 Å². The number of aromatic nitrogens is 1. The molecule has 1 aromatic rings. The van der Waals surface area contributed by atoms with Crippen LogP contribution in [0.3, 0.4) is 0 Å². The minimum Gasteiger partial charge on any atom is -0.325 e. The standard InChI is InChI=1S/C13H19N3O2S/c14-7-12-13(5-2-6-15-12)19(17,18)16-8-10-3-1-4-11(10)9-16/h2,5-6,10-11H,1,3-4,7-9,14H2. The van der Waals surface area contributed by atoms with E-state index in [9.17, 15) is 8.42 Å². The maximum Gasteiger partial charge on any atom is 0.244 e. The molecule has 2 unspecified atom stereocenters. The molecule has 5 nitrogen and oxygen atoms in total. The Balaban J connectivity index is 1.91. The van der Waals surface area contributed by atoms with Crippen LogP contribution in [0.1, 0.15) is 25.0 Å². The second-order valence-corrected chi connectivity index (χ2v) is 7.33. The molecular weight excluding hydrogens is 262 g/mol. The lowest BCUT2D eigenvalue weighted by Crippen LogP contribution is -2.31. The first-order valence-electron chi connectivity index (χ1n) is 6.77. The first-order chi connectivity index (χ1) is 9.13. The number of fused-ring (bicyclic) bond motifs is 1. The average Bonchev–Trinajstić information content (AvgIpc) is 2.99. The summed E-state index contributed by atoms with van der Waals surface area (Å²) in [5.74, 6) is 1.10. The Kier molecular flexibility index (Phi) is 3.32. The van der Waals surface area contributed by atoms with Gasteiger partial charge in [-0.2, -0.15) is 4.31 Å². The van der Waals surface area contributed by atoms with Crippen LogP contribution in [0.25, 0.3) is 0 Å². The molecule has 0 spiro atoms. The summed E-state index contributed by atoms with van der Waals surface area (Å²) < 4.78 is 27.0. The van der Waals surface area contributed by atoms with Gasteiger partial charge in [0.2, 0.25) is 10.0 Å². The Morgan fingerprint density at radius 3 is 2.63 bits per heavy atom. The fourth-order valence-corrected chi connectivity index (χ4v) is 5.08.